The van der Waals surface area contributed by atoms with Crippen LogP contribution in [0.3, 0.4) is 0 Å². The summed E-state index contributed by atoms with van der Waals surface area (Å²) in [5.41, 5.74) is 0.307. The normalized spacial score (nSPS) is 10.8. The first-order valence-corrected chi connectivity index (χ1v) is 10.7. The van der Waals surface area contributed by atoms with E-state index in [-0.39, 0.29) is 28.4 Å². The zero-order chi connectivity index (χ0) is 22.5. The molecular weight excluding hydrogens is 436 g/mol. The lowest BCUT2D eigenvalue weighted by Gasteiger charge is -2.22. The van der Waals surface area contributed by atoms with Crippen LogP contribution >= 0.6 is 11.6 Å². The molecule has 0 fully saturated rings. The number of carbonyl (C=O) groups is 2. The molecule has 0 atom stereocenters. The van der Waals surface area contributed by atoms with E-state index in [4.69, 9.17) is 25.8 Å². The quantitative estimate of drug-likeness (QED) is 0.607. The lowest BCUT2D eigenvalue weighted by molar-refractivity contribution is -0.114. The summed E-state index contributed by atoms with van der Waals surface area (Å²) >= 11 is 5.94. The zero-order valence-electron chi connectivity index (χ0n) is 16.8. The van der Waals surface area contributed by atoms with Gasteiger partial charge in [-0.1, -0.05) is 17.7 Å². The molecule has 0 aromatic heterocycles. The fourth-order valence-corrected chi connectivity index (χ4v) is 3.65. The van der Waals surface area contributed by atoms with Crippen LogP contribution in [0.25, 0.3) is 0 Å². The molecule has 2 aromatic rings. The van der Waals surface area contributed by atoms with Gasteiger partial charge in [0.2, 0.25) is 15.9 Å². The highest BCUT2D eigenvalue weighted by Gasteiger charge is 2.24. The summed E-state index contributed by atoms with van der Waals surface area (Å²) < 4.78 is 40.5. The van der Waals surface area contributed by atoms with Gasteiger partial charge in [0.25, 0.3) is 0 Å². The Morgan fingerprint density at radius 1 is 1.07 bits per heavy atom. The van der Waals surface area contributed by atoms with Crippen LogP contribution in [0.1, 0.15) is 10.4 Å². The third kappa shape index (κ3) is 5.55. The predicted octanol–water partition coefficient (Wildman–Crippen LogP) is 2.55. The molecule has 9 nitrogen and oxygen atoms in total. The predicted molar refractivity (Wildman–Crippen MR) is 113 cm³/mol. The summed E-state index contributed by atoms with van der Waals surface area (Å²) in [4.78, 5) is 24.8. The van der Waals surface area contributed by atoms with Crippen molar-refractivity contribution in [2.45, 2.75) is 0 Å². The van der Waals surface area contributed by atoms with Gasteiger partial charge in [0.1, 0.15) is 6.54 Å². The largest absolute Gasteiger partial charge is 0.493 e. The Bertz CT molecular complexity index is 1060. The van der Waals surface area contributed by atoms with Crippen LogP contribution in [-0.4, -0.2) is 54.4 Å². The van der Waals surface area contributed by atoms with Gasteiger partial charge in [-0.25, -0.2) is 13.2 Å². The summed E-state index contributed by atoms with van der Waals surface area (Å²) in [6.07, 6.45) is 0.970. The van der Waals surface area contributed by atoms with Crippen LogP contribution in [-0.2, 0) is 19.6 Å². The Kier molecular flexibility index (Phi) is 7.52. The fourth-order valence-electron chi connectivity index (χ4n) is 2.61. The molecule has 0 unspecified atom stereocenters. The number of carbonyl (C=O) groups excluding carboxylic acids is 2. The number of nitrogens with one attached hydrogen (secondary N) is 1. The molecule has 162 valence electrons. The number of anilines is 2. The maximum Gasteiger partial charge on any atom is 0.340 e. The van der Waals surface area contributed by atoms with E-state index in [0.717, 1.165) is 10.6 Å². The van der Waals surface area contributed by atoms with Crippen molar-refractivity contribution in [3.05, 3.63) is 47.0 Å². The molecule has 30 heavy (non-hydrogen) atoms. The topological polar surface area (TPSA) is 111 Å². The second-order valence-corrected chi connectivity index (χ2v) is 8.39. The van der Waals surface area contributed by atoms with Crippen LogP contribution in [0.15, 0.2) is 36.4 Å². The molecule has 0 aliphatic rings. The number of hydrogen-bond donors (Lipinski definition) is 1. The van der Waals surface area contributed by atoms with Crippen LogP contribution < -0.4 is 19.1 Å². The molecule has 2 aromatic carbocycles. The van der Waals surface area contributed by atoms with E-state index >= 15 is 0 Å². The summed E-state index contributed by atoms with van der Waals surface area (Å²) in [6, 6.07) is 8.82. The Morgan fingerprint density at radius 2 is 1.70 bits per heavy atom. The van der Waals surface area contributed by atoms with E-state index in [0.29, 0.717) is 5.02 Å². The van der Waals surface area contributed by atoms with Gasteiger partial charge in [-0.2, -0.15) is 0 Å². The van der Waals surface area contributed by atoms with Crippen molar-refractivity contribution in [1.29, 1.82) is 0 Å². The SMILES string of the molecule is COC(=O)c1cc(OC)c(OC)cc1NC(=O)CN(c1cccc(Cl)c1)S(C)(=O)=O. The monoisotopic (exact) mass is 456 g/mol. The van der Waals surface area contributed by atoms with E-state index in [9.17, 15) is 18.0 Å². The molecule has 0 bridgehead atoms. The minimum atomic E-state index is -3.80. The second-order valence-electron chi connectivity index (χ2n) is 6.04. The standard InChI is InChI=1S/C19H21ClN2O7S/c1-27-16-9-14(19(24)29-3)15(10-17(16)28-2)21-18(23)11-22(30(4,25)26)13-7-5-6-12(20)8-13/h5-10H,11H2,1-4H3,(H,21,23). The van der Waals surface area contributed by atoms with Gasteiger partial charge in [-0.05, 0) is 18.2 Å². The molecule has 0 spiro atoms. The highest BCUT2D eigenvalue weighted by atomic mass is 35.5. The van der Waals surface area contributed by atoms with Crippen molar-refractivity contribution in [2.75, 3.05) is 43.8 Å². The van der Waals surface area contributed by atoms with Crippen molar-refractivity contribution in [1.82, 2.24) is 0 Å². The molecule has 0 saturated heterocycles. The number of ether oxygens (including phenoxy) is 3. The molecule has 1 amide bonds. The van der Waals surface area contributed by atoms with Crippen LogP contribution in [0, 0.1) is 0 Å². The van der Waals surface area contributed by atoms with Gasteiger partial charge in [0, 0.05) is 17.2 Å². The molecule has 0 heterocycles. The fraction of sp³-hybridized carbons (Fsp3) is 0.263. The van der Waals surface area contributed by atoms with E-state index in [1.54, 1.807) is 12.1 Å². The molecular formula is C19H21ClN2O7S. The molecule has 0 saturated carbocycles. The highest BCUT2D eigenvalue weighted by molar-refractivity contribution is 7.92. The van der Waals surface area contributed by atoms with Crippen molar-refractivity contribution < 1.29 is 32.2 Å². The number of nitrogens with zero attached hydrogens (tertiary/aromatic N) is 1. The lowest BCUT2D eigenvalue weighted by atomic mass is 10.1. The Balaban J connectivity index is 2.39. The molecule has 0 aliphatic heterocycles. The first-order valence-electron chi connectivity index (χ1n) is 8.48. The minimum absolute atomic E-state index is 0.0113. The summed E-state index contributed by atoms with van der Waals surface area (Å²) in [7, 11) is 0.180. The van der Waals surface area contributed by atoms with E-state index in [2.05, 4.69) is 5.32 Å². The number of amides is 1. The van der Waals surface area contributed by atoms with Gasteiger partial charge >= 0.3 is 5.97 Å². The minimum Gasteiger partial charge on any atom is -0.493 e. The number of benzene rings is 2. The maximum atomic E-state index is 12.7. The number of sulfonamides is 1. The first kappa shape index (κ1) is 23.3. The van der Waals surface area contributed by atoms with E-state index < -0.39 is 28.4 Å². The number of halogens is 1. The first-order chi connectivity index (χ1) is 14.1. The van der Waals surface area contributed by atoms with Gasteiger partial charge in [-0.3, -0.25) is 9.10 Å². The van der Waals surface area contributed by atoms with Crippen molar-refractivity contribution in [3.8, 4) is 11.5 Å². The van der Waals surface area contributed by atoms with Crippen LogP contribution in [0.4, 0.5) is 11.4 Å². The van der Waals surface area contributed by atoms with Gasteiger partial charge in [-0.15, -0.1) is 0 Å². The van der Waals surface area contributed by atoms with Crippen molar-refractivity contribution >= 4 is 44.9 Å². The van der Waals surface area contributed by atoms with Crippen LogP contribution in [0.5, 0.6) is 11.5 Å². The van der Waals surface area contributed by atoms with Gasteiger partial charge in [0.15, 0.2) is 11.5 Å². The average molecular weight is 457 g/mol. The number of rotatable bonds is 8. The highest BCUT2D eigenvalue weighted by Crippen LogP contribution is 2.34. The number of methoxy groups -OCH3 is 3. The average Bonchev–Trinajstić information content (AvgIpc) is 2.70. The zero-order valence-corrected chi connectivity index (χ0v) is 18.3. The molecule has 11 heteroatoms. The summed E-state index contributed by atoms with van der Waals surface area (Å²) in [5.74, 6) is -0.901. The number of hydrogen-bond acceptors (Lipinski definition) is 7. The summed E-state index contributed by atoms with van der Waals surface area (Å²) in [5, 5.41) is 2.84. The summed E-state index contributed by atoms with van der Waals surface area (Å²) in [6.45, 7) is -0.547. The Labute approximate surface area is 179 Å². The molecule has 0 aliphatic carbocycles. The van der Waals surface area contributed by atoms with E-state index in [1.807, 2.05) is 0 Å². The Hall–Kier alpha value is -2.98. The van der Waals surface area contributed by atoms with Gasteiger partial charge in [0.05, 0.1) is 44.5 Å². The Morgan fingerprint density at radius 3 is 2.23 bits per heavy atom. The smallest absolute Gasteiger partial charge is 0.340 e. The maximum absolute atomic E-state index is 12.7. The molecule has 1 N–H and O–H groups in total. The number of esters is 1. The van der Waals surface area contributed by atoms with Crippen molar-refractivity contribution in [2.24, 2.45) is 0 Å². The molecule has 0 radical (unpaired) electrons. The molecule has 2 rings (SSSR count). The lowest BCUT2D eigenvalue weighted by Crippen LogP contribution is -2.37. The van der Waals surface area contributed by atoms with Gasteiger partial charge < -0.3 is 19.5 Å². The third-order valence-corrected chi connectivity index (χ3v) is 5.36. The second kappa shape index (κ2) is 9.68. The van der Waals surface area contributed by atoms with Crippen molar-refractivity contribution in [3.63, 3.8) is 0 Å². The third-order valence-electron chi connectivity index (χ3n) is 3.99. The van der Waals surface area contributed by atoms with E-state index in [1.165, 1.54) is 45.6 Å². The van der Waals surface area contributed by atoms with Crippen LogP contribution in [0.2, 0.25) is 5.02 Å².